The second-order valence-corrected chi connectivity index (χ2v) is 6.32. The molecule has 7 nitrogen and oxygen atoms in total. The van der Waals surface area contributed by atoms with Gasteiger partial charge in [-0.2, -0.15) is 0 Å². The Morgan fingerprint density at radius 3 is 2.81 bits per heavy atom. The van der Waals surface area contributed by atoms with E-state index in [9.17, 15) is 9.59 Å². The van der Waals surface area contributed by atoms with Gasteiger partial charge in [0.15, 0.2) is 5.16 Å². The first-order chi connectivity index (χ1) is 10.0. The van der Waals surface area contributed by atoms with Crippen LogP contribution in [0.5, 0.6) is 0 Å². The van der Waals surface area contributed by atoms with Gasteiger partial charge in [0, 0.05) is 12.3 Å². The monoisotopic (exact) mass is 313 g/mol. The van der Waals surface area contributed by atoms with E-state index in [0.717, 1.165) is 25.8 Å². The molecule has 2 rings (SSSR count). The first-order valence-corrected chi connectivity index (χ1v) is 8.36. The van der Waals surface area contributed by atoms with Crippen molar-refractivity contribution in [2.75, 3.05) is 12.3 Å². The van der Waals surface area contributed by atoms with Crippen molar-refractivity contribution in [2.24, 2.45) is 11.7 Å². The van der Waals surface area contributed by atoms with Gasteiger partial charge in [0.1, 0.15) is 5.54 Å². The molecule has 0 bridgehead atoms. The molecule has 118 valence electrons. The number of hydrogen-bond donors (Lipinski definition) is 3. The van der Waals surface area contributed by atoms with Gasteiger partial charge in [0.2, 0.25) is 5.91 Å². The highest BCUT2D eigenvalue weighted by Crippen LogP contribution is 2.42. The second-order valence-electron chi connectivity index (χ2n) is 5.38. The molecule has 0 aromatic carbocycles. The molecule has 4 N–H and O–H groups in total. The van der Waals surface area contributed by atoms with Gasteiger partial charge >= 0.3 is 5.69 Å². The number of aromatic nitrogens is 3. The molecule has 0 radical (unpaired) electrons. The predicted molar refractivity (Wildman–Crippen MR) is 82.2 cm³/mol. The van der Waals surface area contributed by atoms with Crippen molar-refractivity contribution in [3.8, 4) is 0 Å². The van der Waals surface area contributed by atoms with Crippen LogP contribution in [0.2, 0.25) is 0 Å². The van der Waals surface area contributed by atoms with Crippen LogP contribution in [0.1, 0.15) is 33.1 Å². The normalized spacial score (nSPS) is 17.6. The fourth-order valence-electron chi connectivity index (χ4n) is 2.47. The molecular weight excluding hydrogens is 290 g/mol. The third kappa shape index (κ3) is 3.32. The topological polar surface area (TPSA) is 106 Å². The minimum absolute atomic E-state index is 0.224. The highest BCUT2D eigenvalue weighted by Gasteiger charge is 2.49. The van der Waals surface area contributed by atoms with Crippen molar-refractivity contribution in [1.82, 2.24) is 20.1 Å². The number of rotatable bonds is 9. The Hall–Kier alpha value is -1.28. The molecule has 1 heterocycles. The maximum Gasteiger partial charge on any atom is 0.343 e. The molecule has 1 atom stereocenters. The van der Waals surface area contributed by atoms with Crippen molar-refractivity contribution in [1.29, 1.82) is 0 Å². The van der Waals surface area contributed by atoms with Gasteiger partial charge in [-0.1, -0.05) is 18.7 Å². The van der Waals surface area contributed by atoms with Gasteiger partial charge in [-0.15, -0.1) is 5.10 Å². The minimum Gasteiger partial charge on any atom is -0.368 e. The van der Waals surface area contributed by atoms with Crippen LogP contribution in [0, 0.1) is 5.92 Å². The summed E-state index contributed by atoms with van der Waals surface area (Å²) in [5.41, 5.74) is 4.76. The van der Waals surface area contributed by atoms with Crippen LogP contribution in [0.15, 0.2) is 9.95 Å². The molecular formula is C13H23N5O2S. The molecule has 1 aromatic heterocycles. The Morgan fingerprint density at radius 2 is 2.29 bits per heavy atom. The van der Waals surface area contributed by atoms with Gasteiger partial charge in [0.25, 0.3) is 0 Å². The number of nitrogens with zero attached hydrogens (tertiary/aromatic N) is 2. The average molecular weight is 313 g/mol. The lowest BCUT2D eigenvalue weighted by Crippen LogP contribution is -2.59. The maximum absolute atomic E-state index is 12.0. The standard InChI is InChI=1S/C13H23N5O2S/c1-3-7-15-13(10(14)19,9-5-6-9)8-21-12-17-16-11(20)18(12)4-2/h9,15H,3-8H2,1-2H3,(H2,14,19)(H,16,20). The quantitative estimate of drug-likeness (QED) is 0.569. The summed E-state index contributed by atoms with van der Waals surface area (Å²) < 4.78 is 1.56. The zero-order valence-corrected chi connectivity index (χ0v) is 13.3. The number of H-pyrrole nitrogens is 1. The zero-order valence-electron chi connectivity index (χ0n) is 12.5. The molecule has 0 aliphatic heterocycles. The fraction of sp³-hybridized carbons (Fsp3) is 0.769. The van der Waals surface area contributed by atoms with Crippen molar-refractivity contribution < 1.29 is 4.79 Å². The van der Waals surface area contributed by atoms with E-state index in [1.54, 1.807) is 4.57 Å². The first kappa shape index (κ1) is 16.1. The Bertz CT molecular complexity index is 551. The Balaban J connectivity index is 2.15. The number of primary amides is 1. The number of nitrogens with one attached hydrogen (secondary N) is 2. The van der Waals surface area contributed by atoms with Crippen LogP contribution < -0.4 is 16.7 Å². The van der Waals surface area contributed by atoms with Crippen LogP contribution in [0.25, 0.3) is 0 Å². The van der Waals surface area contributed by atoms with E-state index < -0.39 is 5.54 Å². The molecule has 1 aromatic rings. The summed E-state index contributed by atoms with van der Waals surface area (Å²) in [5.74, 6) is 0.471. The Kier molecular flexibility index (Phi) is 5.10. The van der Waals surface area contributed by atoms with Gasteiger partial charge in [0.05, 0.1) is 0 Å². The van der Waals surface area contributed by atoms with Crippen molar-refractivity contribution in [2.45, 2.75) is 50.4 Å². The van der Waals surface area contributed by atoms with E-state index in [4.69, 9.17) is 5.73 Å². The lowest BCUT2D eigenvalue weighted by atomic mass is 9.94. The summed E-state index contributed by atoms with van der Waals surface area (Å²) in [6.07, 6.45) is 2.97. The number of aromatic amines is 1. The van der Waals surface area contributed by atoms with Crippen LogP contribution >= 0.6 is 11.8 Å². The van der Waals surface area contributed by atoms with E-state index in [1.807, 2.05) is 6.92 Å². The number of nitrogens with two attached hydrogens (primary N) is 1. The number of thioether (sulfide) groups is 1. The third-order valence-corrected chi connectivity index (χ3v) is 5.04. The lowest BCUT2D eigenvalue weighted by Gasteiger charge is -2.31. The highest BCUT2D eigenvalue weighted by atomic mass is 32.2. The molecule has 1 saturated carbocycles. The summed E-state index contributed by atoms with van der Waals surface area (Å²) in [6, 6.07) is 0. The smallest absolute Gasteiger partial charge is 0.343 e. The average Bonchev–Trinajstić information content (AvgIpc) is 3.24. The van der Waals surface area contributed by atoms with E-state index in [1.165, 1.54) is 11.8 Å². The highest BCUT2D eigenvalue weighted by molar-refractivity contribution is 7.99. The molecule has 0 spiro atoms. The molecule has 1 fully saturated rings. The van der Waals surface area contributed by atoms with Crippen LogP contribution in [0.4, 0.5) is 0 Å². The molecule has 0 saturated heterocycles. The summed E-state index contributed by atoms with van der Waals surface area (Å²) in [7, 11) is 0. The maximum atomic E-state index is 12.0. The molecule has 1 aliphatic rings. The minimum atomic E-state index is -0.700. The van der Waals surface area contributed by atoms with E-state index in [0.29, 0.717) is 17.5 Å². The molecule has 8 heteroatoms. The Labute approximate surface area is 128 Å². The van der Waals surface area contributed by atoms with E-state index in [-0.39, 0.29) is 17.5 Å². The van der Waals surface area contributed by atoms with Gasteiger partial charge in [-0.25, -0.2) is 9.89 Å². The lowest BCUT2D eigenvalue weighted by molar-refractivity contribution is -0.124. The van der Waals surface area contributed by atoms with Gasteiger partial charge in [-0.05, 0) is 38.6 Å². The van der Waals surface area contributed by atoms with Crippen LogP contribution in [0.3, 0.4) is 0 Å². The largest absolute Gasteiger partial charge is 0.368 e. The number of carbonyl (C=O) groups excluding carboxylic acids is 1. The van der Waals surface area contributed by atoms with Gasteiger partial charge in [-0.3, -0.25) is 9.36 Å². The molecule has 1 aliphatic carbocycles. The second kappa shape index (κ2) is 6.65. The number of carbonyl (C=O) groups is 1. The summed E-state index contributed by atoms with van der Waals surface area (Å²) in [6.45, 7) is 5.24. The van der Waals surface area contributed by atoms with Crippen LogP contribution in [-0.4, -0.2) is 38.5 Å². The SMILES string of the molecule is CCCNC(CSc1n[nH]c(=O)n1CC)(C(N)=O)C1CC1. The summed E-state index contributed by atoms with van der Waals surface area (Å²) >= 11 is 1.40. The Morgan fingerprint density at radius 1 is 1.57 bits per heavy atom. The number of amides is 1. The molecule has 21 heavy (non-hydrogen) atoms. The predicted octanol–water partition coefficient (Wildman–Crippen LogP) is 0.317. The molecule has 1 unspecified atom stereocenters. The van der Waals surface area contributed by atoms with Crippen molar-refractivity contribution >= 4 is 17.7 Å². The zero-order chi connectivity index (χ0) is 15.5. The fourth-order valence-corrected chi connectivity index (χ4v) is 3.78. The molecule has 1 amide bonds. The van der Waals surface area contributed by atoms with E-state index >= 15 is 0 Å². The summed E-state index contributed by atoms with van der Waals surface area (Å²) in [5, 5.41) is 10.4. The summed E-state index contributed by atoms with van der Waals surface area (Å²) in [4.78, 5) is 23.6. The van der Waals surface area contributed by atoms with E-state index in [2.05, 4.69) is 22.4 Å². The third-order valence-electron chi connectivity index (χ3n) is 3.87. The van der Waals surface area contributed by atoms with Crippen molar-refractivity contribution in [3.63, 3.8) is 0 Å². The van der Waals surface area contributed by atoms with Crippen LogP contribution in [-0.2, 0) is 11.3 Å². The van der Waals surface area contributed by atoms with Crippen molar-refractivity contribution in [3.05, 3.63) is 10.5 Å². The number of hydrogen-bond acceptors (Lipinski definition) is 5. The van der Waals surface area contributed by atoms with Gasteiger partial charge < -0.3 is 11.1 Å². The first-order valence-electron chi connectivity index (χ1n) is 7.38.